The number of benzene rings is 1. The van der Waals surface area contributed by atoms with E-state index in [0.29, 0.717) is 6.54 Å². The maximum Gasteiger partial charge on any atom is 0.241 e. The van der Waals surface area contributed by atoms with Crippen LogP contribution in [0.4, 0.5) is 5.69 Å². The minimum Gasteiger partial charge on any atom is -0.374 e. The van der Waals surface area contributed by atoms with Gasteiger partial charge >= 0.3 is 0 Å². The van der Waals surface area contributed by atoms with Gasteiger partial charge in [0.25, 0.3) is 0 Å². The van der Waals surface area contributed by atoms with Gasteiger partial charge in [0.1, 0.15) is 0 Å². The molecular formula is C12H16Br2N2O. The molecule has 0 unspecified atom stereocenters. The Bertz CT molecular complexity index is 398. The van der Waals surface area contributed by atoms with E-state index in [2.05, 4.69) is 37.2 Å². The molecule has 94 valence electrons. The second-order valence-corrected chi connectivity index (χ2v) is 5.57. The first kappa shape index (κ1) is 14.5. The Morgan fingerprint density at radius 3 is 2.35 bits per heavy atom. The SMILES string of the molecule is CCN(C)C(=O)CNc1c(Br)cc(C)cc1Br. The Morgan fingerprint density at radius 1 is 1.35 bits per heavy atom. The van der Waals surface area contributed by atoms with Crippen molar-refractivity contribution in [1.82, 2.24) is 4.90 Å². The van der Waals surface area contributed by atoms with Crippen LogP contribution in [-0.2, 0) is 4.79 Å². The van der Waals surface area contributed by atoms with E-state index in [0.717, 1.165) is 26.7 Å². The zero-order valence-electron chi connectivity index (χ0n) is 10.2. The Hall–Kier alpha value is -0.550. The van der Waals surface area contributed by atoms with Crippen molar-refractivity contribution >= 4 is 43.5 Å². The van der Waals surface area contributed by atoms with Crippen LogP contribution in [0.5, 0.6) is 0 Å². The summed E-state index contributed by atoms with van der Waals surface area (Å²) in [6.07, 6.45) is 0. The summed E-state index contributed by atoms with van der Waals surface area (Å²) in [7, 11) is 1.79. The summed E-state index contributed by atoms with van der Waals surface area (Å²) in [5, 5.41) is 3.14. The van der Waals surface area contributed by atoms with Gasteiger partial charge < -0.3 is 10.2 Å². The first-order chi connectivity index (χ1) is 7.95. The average Bonchev–Trinajstić information content (AvgIpc) is 2.26. The molecule has 0 fully saturated rings. The lowest BCUT2D eigenvalue weighted by Crippen LogP contribution is -2.32. The Morgan fingerprint density at radius 2 is 1.88 bits per heavy atom. The van der Waals surface area contributed by atoms with Crippen molar-refractivity contribution in [3.8, 4) is 0 Å². The summed E-state index contributed by atoms with van der Waals surface area (Å²) in [5.41, 5.74) is 2.07. The molecule has 0 aromatic heterocycles. The number of rotatable bonds is 4. The highest BCUT2D eigenvalue weighted by atomic mass is 79.9. The number of hydrogen-bond acceptors (Lipinski definition) is 2. The first-order valence-electron chi connectivity index (χ1n) is 5.39. The number of anilines is 1. The van der Waals surface area contributed by atoms with Gasteiger partial charge in [-0.2, -0.15) is 0 Å². The topological polar surface area (TPSA) is 32.3 Å². The van der Waals surface area contributed by atoms with Gasteiger partial charge in [-0.25, -0.2) is 0 Å². The summed E-state index contributed by atoms with van der Waals surface area (Å²) in [5.74, 6) is 0.0758. The molecule has 3 nitrogen and oxygen atoms in total. The normalized spacial score (nSPS) is 10.2. The van der Waals surface area contributed by atoms with E-state index in [-0.39, 0.29) is 5.91 Å². The van der Waals surface area contributed by atoms with Crippen LogP contribution >= 0.6 is 31.9 Å². The van der Waals surface area contributed by atoms with Crippen LogP contribution in [-0.4, -0.2) is 30.9 Å². The molecular weight excluding hydrogens is 348 g/mol. The number of aryl methyl sites for hydroxylation is 1. The van der Waals surface area contributed by atoms with Gasteiger partial charge in [-0.3, -0.25) is 4.79 Å². The van der Waals surface area contributed by atoms with Crippen LogP contribution < -0.4 is 5.32 Å². The molecule has 0 radical (unpaired) electrons. The van der Waals surface area contributed by atoms with Gasteiger partial charge in [0, 0.05) is 22.5 Å². The second kappa shape index (κ2) is 6.40. The number of carbonyl (C=O) groups excluding carboxylic acids is 1. The lowest BCUT2D eigenvalue weighted by molar-refractivity contribution is -0.127. The third-order valence-corrected chi connectivity index (χ3v) is 3.75. The highest BCUT2D eigenvalue weighted by Gasteiger charge is 2.10. The van der Waals surface area contributed by atoms with Crippen LogP contribution in [0.25, 0.3) is 0 Å². The highest BCUT2D eigenvalue weighted by Crippen LogP contribution is 2.32. The van der Waals surface area contributed by atoms with Crippen molar-refractivity contribution < 1.29 is 4.79 Å². The summed E-state index contributed by atoms with van der Waals surface area (Å²) >= 11 is 6.97. The summed E-state index contributed by atoms with van der Waals surface area (Å²) in [6.45, 7) is 4.99. The quantitative estimate of drug-likeness (QED) is 0.888. The number of nitrogens with one attached hydrogen (secondary N) is 1. The molecule has 0 aliphatic heterocycles. The molecule has 0 spiro atoms. The zero-order chi connectivity index (χ0) is 13.0. The van der Waals surface area contributed by atoms with E-state index < -0.39 is 0 Å². The predicted molar refractivity (Wildman–Crippen MR) is 78.4 cm³/mol. The van der Waals surface area contributed by atoms with Crippen molar-refractivity contribution in [2.24, 2.45) is 0 Å². The molecule has 1 N–H and O–H groups in total. The van der Waals surface area contributed by atoms with Gasteiger partial charge in [0.05, 0.1) is 12.2 Å². The number of hydrogen-bond donors (Lipinski definition) is 1. The van der Waals surface area contributed by atoms with Gasteiger partial charge in [-0.15, -0.1) is 0 Å². The molecule has 0 aliphatic rings. The van der Waals surface area contributed by atoms with Crippen LogP contribution in [0.3, 0.4) is 0 Å². The van der Waals surface area contributed by atoms with E-state index in [9.17, 15) is 4.79 Å². The van der Waals surface area contributed by atoms with E-state index in [4.69, 9.17) is 0 Å². The molecule has 17 heavy (non-hydrogen) atoms. The van der Waals surface area contributed by atoms with Crippen molar-refractivity contribution in [3.63, 3.8) is 0 Å². The van der Waals surface area contributed by atoms with Crippen molar-refractivity contribution in [3.05, 3.63) is 26.6 Å². The first-order valence-corrected chi connectivity index (χ1v) is 6.97. The van der Waals surface area contributed by atoms with E-state index >= 15 is 0 Å². The van der Waals surface area contributed by atoms with Crippen molar-refractivity contribution in [2.45, 2.75) is 13.8 Å². The summed E-state index contributed by atoms with van der Waals surface area (Å²) < 4.78 is 1.91. The molecule has 1 aromatic rings. The standard InChI is InChI=1S/C12H16Br2N2O/c1-4-16(3)11(17)7-15-12-9(13)5-8(2)6-10(12)14/h5-6,15H,4,7H2,1-3H3. The second-order valence-electron chi connectivity index (χ2n) is 3.87. The van der Waals surface area contributed by atoms with Crippen molar-refractivity contribution in [1.29, 1.82) is 0 Å². The maximum atomic E-state index is 11.7. The van der Waals surface area contributed by atoms with Gasteiger partial charge in [0.15, 0.2) is 0 Å². The fourth-order valence-corrected chi connectivity index (χ4v) is 3.04. The molecule has 5 heteroatoms. The average molecular weight is 364 g/mol. The maximum absolute atomic E-state index is 11.7. The largest absolute Gasteiger partial charge is 0.374 e. The molecule has 0 bridgehead atoms. The van der Waals surface area contributed by atoms with Gasteiger partial charge in [0.2, 0.25) is 5.91 Å². The van der Waals surface area contributed by atoms with Crippen LogP contribution in [0, 0.1) is 6.92 Å². The van der Waals surface area contributed by atoms with E-state index in [1.807, 2.05) is 26.0 Å². The molecule has 1 rings (SSSR count). The third-order valence-electron chi connectivity index (χ3n) is 2.50. The van der Waals surface area contributed by atoms with Crippen LogP contribution in [0.2, 0.25) is 0 Å². The molecule has 1 amide bonds. The minimum absolute atomic E-state index is 0.0758. The molecule has 0 heterocycles. The molecule has 0 saturated heterocycles. The third kappa shape index (κ3) is 4.00. The number of halogens is 2. The van der Waals surface area contributed by atoms with Crippen LogP contribution in [0.1, 0.15) is 12.5 Å². The van der Waals surface area contributed by atoms with Crippen LogP contribution in [0.15, 0.2) is 21.1 Å². The predicted octanol–water partition coefficient (Wildman–Crippen LogP) is 3.41. The summed E-state index contributed by atoms with van der Waals surface area (Å²) in [4.78, 5) is 13.4. The Balaban J connectivity index is 2.73. The number of likely N-dealkylation sites (N-methyl/N-ethyl adjacent to an activating group) is 1. The number of carbonyl (C=O) groups is 1. The van der Waals surface area contributed by atoms with Gasteiger partial charge in [-0.1, -0.05) is 0 Å². The number of nitrogens with zero attached hydrogens (tertiary/aromatic N) is 1. The molecule has 1 aromatic carbocycles. The Kier molecular flexibility index (Phi) is 5.46. The molecule has 0 atom stereocenters. The fourth-order valence-electron chi connectivity index (χ4n) is 1.34. The minimum atomic E-state index is 0.0758. The molecule has 0 aliphatic carbocycles. The van der Waals surface area contributed by atoms with E-state index in [1.54, 1.807) is 11.9 Å². The highest BCUT2D eigenvalue weighted by molar-refractivity contribution is 9.11. The van der Waals surface area contributed by atoms with E-state index in [1.165, 1.54) is 0 Å². The zero-order valence-corrected chi connectivity index (χ0v) is 13.4. The number of amides is 1. The van der Waals surface area contributed by atoms with Crippen molar-refractivity contribution in [2.75, 3.05) is 25.5 Å². The lowest BCUT2D eigenvalue weighted by atomic mass is 10.2. The summed E-state index contributed by atoms with van der Waals surface area (Å²) in [6, 6.07) is 4.03. The monoisotopic (exact) mass is 362 g/mol. The molecule has 0 saturated carbocycles. The smallest absolute Gasteiger partial charge is 0.241 e. The van der Waals surface area contributed by atoms with Gasteiger partial charge in [-0.05, 0) is 63.4 Å². The lowest BCUT2D eigenvalue weighted by Gasteiger charge is -2.16. The Labute approximate surface area is 119 Å². The fraction of sp³-hybridized carbons (Fsp3) is 0.417.